The van der Waals surface area contributed by atoms with Crippen LogP contribution < -0.4 is 14.9 Å². The Morgan fingerprint density at radius 3 is 2.95 bits per heavy atom. The van der Waals surface area contributed by atoms with Crippen LogP contribution in [0.2, 0.25) is 0 Å². The molecule has 120 valence electrons. The van der Waals surface area contributed by atoms with Crippen LogP contribution in [-0.2, 0) is 19.6 Å². The molecular weight excluding hydrogens is 306 g/mol. The van der Waals surface area contributed by atoms with E-state index in [1.807, 2.05) is 0 Å². The van der Waals surface area contributed by atoms with Gasteiger partial charge in [0.2, 0.25) is 15.9 Å². The molecule has 0 radical (unpaired) electrons. The van der Waals surface area contributed by atoms with Gasteiger partial charge in [-0.3, -0.25) is 9.10 Å². The van der Waals surface area contributed by atoms with Crippen molar-refractivity contribution >= 4 is 27.3 Å². The topological polar surface area (TPSA) is 87.7 Å². The number of morpholine rings is 1. The van der Waals surface area contributed by atoms with Crippen molar-refractivity contribution in [3.8, 4) is 0 Å². The lowest BCUT2D eigenvalue weighted by Crippen LogP contribution is -2.48. The third kappa shape index (κ3) is 3.23. The standard InChI is InChI=1S/C14H19N3O4S/c18-14(13-10-21-7-5-15-13)16-11-3-1-4-12(9-11)17-6-2-8-22(17,19)20/h1,3-4,9,13,15H,2,5-8,10H2,(H,16,18). The van der Waals surface area contributed by atoms with E-state index in [0.717, 1.165) is 0 Å². The van der Waals surface area contributed by atoms with Crippen LogP contribution in [0.3, 0.4) is 0 Å². The number of sulfonamides is 1. The molecule has 3 rings (SSSR count). The number of rotatable bonds is 3. The summed E-state index contributed by atoms with van der Waals surface area (Å²) in [6.07, 6.45) is 0.627. The molecule has 22 heavy (non-hydrogen) atoms. The maximum Gasteiger partial charge on any atom is 0.243 e. The van der Waals surface area contributed by atoms with Crippen LogP contribution in [0.25, 0.3) is 0 Å². The first kappa shape index (κ1) is 15.3. The molecule has 2 aliphatic heterocycles. The van der Waals surface area contributed by atoms with Gasteiger partial charge >= 0.3 is 0 Å². The van der Waals surface area contributed by atoms with Crippen LogP contribution in [0, 0.1) is 0 Å². The Bertz CT molecular complexity index is 656. The van der Waals surface area contributed by atoms with Gasteiger partial charge in [0.25, 0.3) is 0 Å². The molecule has 0 aromatic heterocycles. The molecule has 0 saturated carbocycles. The summed E-state index contributed by atoms with van der Waals surface area (Å²) in [7, 11) is -3.22. The van der Waals surface area contributed by atoms with E-state index in [1.54, 1.807) is 24.3 Å². The van der Waals surface area contributed by atoms with Gasteiger partial charge in [0.05, 0.1) is 24.7 Å². The van der Waals surface area contributed by atoms with Gasteiger partial charge in [0.1, 0.15) is 6.04 Å². The lowest BCUT2D eigenvalue weighted by atomic mass is 10.2. The molecule has 2 aliphatic rings. The first-order valence-electron chi connectivity index (χ1n) is 7.29. The monoisotopic (exact) mass is 325 g/mol. The number of ether oxygens (including phenoxy) is 1. The fourth-order valence-electron chi connectivity index (χ4n) is 2.63. The molecule has 1 aromatic rings. The zero-order valence-electron chi connectivity index (χ0n) is 12.1. The molecule has 1 atom stereocenters. The zero-order chi connectivity index (χ0) is 15.6. The zero-order valence-corrected chi connectivity index (χ0v) is 12.9. The number of amides is 1. The van der Waals surface area contributed by atoms with Crippen molar-refractivity contribution < 1.29 is 17.9 Å². The van der Waals surface area contributed by atoms with Crippen LogP contribution in [0.5, 0.6) is 0 Å². The van der Waals surface area contributed by atoms with Crippen molar-refractivity contribution in [2.24, 2.45) is 0 Å². The van der Waals surface area contributed by atoms with Crippen LogP contribution >= 0.6 is 0 Å². The maximum atomic E-state index is 12.1. The van der Waals surface area contributed by atoms with E-state index >= 15 is 0 Å². The van der Waals surface area contributed by atoms with E-state index in [-0.39, 0.29) is 17.7 Å². The number of hydrogen-bond donors (Lipinski definition) is 2. The Kier molecular flexibility index (Phi) is 4.32. The van der Waals surface area contributed by atoms with Crippen molar-refractivity contribution in [2.75, 3.05) is 41.7 Å². The van der Waals surface area contributed by atoms with Gasteiger partial charge in [-0.15, -0.1) is 0 Å². The van der Waals surface area contributed by atoms with E-state index in [0.29, 0.717) is 44.1 Å². The van der Waals surface area contributed by atoms with Crippen molar-refractivity contribution in [3.63, 3.8) is 0 Å². The Hall–Kier alpha value is -1.64. The molecule has 0 spiro atoms. The molecule has 0 bridgehead atoms. The average Bonchev–Trinajstić information content (AvgIpc) is 2.88. The minimum absolute atomic E-state index is 0.174. The highest BCUT2D eigenvalue weighted by atomic mass is 32.2. The molecule has 0 aliphatic carbocycles. The fraction of sp³-hybridized carbons (Fsp3) is 0.500. The number of nitrogens with zero attached hydrogens (tertiary/aromatic N) is 1. The third-order valence-corrected chi connectivity index (χ3v) is 5.61. The Morgan fingerprint density at radius 2 is 2.27 bits per heavy atom. The van der Waals surface area contributed by atoms with Gasteiger partial charge in [-0.25, -0.2) is 8.42 Å². The fourth-order valence-corrected chi connectivity index (χ4v) is 4.19. The number of hydrogen-bond acceptors (Lipinski definition) is 5. The predicted molar refractivity (Wildman–Crippen MR) is 83.4 cm³/mol. The number of carbonyl (C=O) groups is 1. The minimum atomic E-state index is -3.22. The summed E-state index contributed by atoms with van der Waals surface area (Å²) >= 11 is 0. The Labute approximate surface area is 129 Å². The predicted octanol–water partition coefficient (Wildman–Crippen LogP) is 0.153. The molecule has 2 fully saturated rings. The molecule has 2 saturated heterocycles. The Morgan fingerprint density at radius 1 is 1.41 bits per heavy atom. The number of carbonyl (C=O) groups excluding carboxylic acids is 1. The quantitative estimate of drug-likeness (QED) is 0.826. The largest absolute Gasteiger partial charge is 0.378 e. The smallest absolute Gasteiger partial charge is 0.243 e. The molecule has 1 amide bonds. The van der Waals surface area contributed by atoms with Crippen LogP contribution in [0.1, 0.15) is 6.42 Å². The summed E-state index contributed by atoms with van der Waals surface area (Å²) in [6, 6.07) is 6.52. The van der Waals surface area contributed by atoms with Gasteiger partial charge in [0.15, 0.2) is 0 Å². The maximum absolute atomic E-state index is 12.1. The van der Waals surface area contributed by atoms with Crippen molar-refractivity contribution in [3.05, 3.63) is 24.3 Å². The molecule has 2 heterocycles. The summed E-state index contributed by atoms with van der Waals surface area (Å²) in [6.45, 7) is 2.07. The highest BCUT2D eigenvalue weighted by molar-refractivity contribution is 7.93. The lowest BCUT2D eigenvalue weighted by molar-refractivity contribution is -0.120. The van der Waals surface area contributed by atoms with Crippen LogP contribution in [-0.4, -0.2) is 52.4 Å². The second-order valence-corrected chi connectivity index (χ2v) is 7.38. The van der Waals surface area contributed by atoms with E-state index in [4.69, 9.17) is 4.74 Å². The van der Waals surface area contributed by atoms with Gasteiger partial charge in [-0.2, -0.15) is 0 Å². The molecule has 8 heteroatoms. The van der Waals surface area contributed by atoms with Crippen molar-refractivity contribution in [1.29, 1.82) is 0 Å². The second kappa shape index (κ2) is 6.23. The van der Waals surface area contributed by atoms with E-state index in [9.17, 15) is 13.2 Å². The molecule has 1 unspecified atom stereocenters. The molecule has 2 N–H and O–H groups in total. The summed E-state index contributed by atoms with van der Waals surface area (Å²) in [4.78, 5) is 12.1. The van der Waals surface area contributed by atoms with E-state index in [2.05, 4.69) is 10.6 Å². The first-order valence-corrected chi connectivity index (χ1v) is 8.90. The summed E-state index contributed by atoms with van der Waals surface area (Å²) < 4.78 is 30.6. The van der Waals surface area contributed by atoms with Crippen LogP contribution in [0.4, 0.5) is 11.4 Å². The van der Waals surface area contributed by atoms with E-state index in [1.165, 1.54) is 4.31 Å². The summed E-state index contributed by atoms with van der Waals surface area (Å²) in [5.41, 5.74) is 1.17. The highest BCUT2D eigenvalue weighted by Crippen LogP contribution is 2.26. The summed E-state index contributed by atoms with van der Waals surface area (Å²) in [5.74, 6) is -0.00598. The average molecular weight is 325 g/mol. The third-order valence-electron chi connectivity index (χ3n) is 3.74. The Balaban J connectivity index is 1.72. The van der Waals surface area contributed by atoms with Crippen molar-refractivity contribution in [2.45, 2.75) is 12.5 Å². The number of anilines is 2. The highest BCUT2D eigenvalue weighted by Gasteiger charge is 2.28. The minimum Gasteiger partial charge on any atom is -0.378 e. The van der Waals surface area contributed by atoms with Gasteiger partial charge in [-0.05, 0) is 24.6 Å². The lowest BCUT2D eigenvalue weighted by Gasteiger charge is -2.23. The van der Waals surface area contributed by atoms with Gasteiger partial charge in [0, 0.05) is 18.8 Å². The first-order chi connectivity index (χ1) is 10.6. The number of benzene rings is 1. The molecule has 1 aromatic carbocycles. The molecule has 7 nitrogen and oxygen atoms in total. The van der Waals surface area contributed by atoms with Crippen LogP contribution in [0.15, 0.2) is 24.3 Å². The second-order valence-electron chi connectivity index (χ2n) is 5.36. The van der Waals surface area contributed by atoms with Gasteiger partial charge in [-0.1, -0.05) is 6.07 Å². The van der Waals surface area contributed by atoms with Gasteiger partial charge < -0.3 is 15.4 Å². The SMILES string of the molecule is O=C(Nc1cccc(N2CCCS2(=O)=O)c1)C1COCCN1. The van der Waals surface area contributed by atoms with Crippen molar-refractivity contribution in [1.82, 2.24) is 5.32 Å². The normalized spacial score (nSPS) is 24.2. The summed E-state index contributed by atoms with van der Waals surface area (Å²) in [5, 5.41) is 5.88. The van der Waals surface area contributed by atoms with E-state index < -0.39 is 10.0 Å². The molecular formula is C14H19N3O4S. The number of nitrogens with one attached hydrogen (secondary N) is 2.